The van der Waals surface area contributed by atoms with E-state index in [-0.39, 0.29) is 0 Å². The minimum absolute atomic E-state index is 0.659. The van der Waals surface area contributed by atoms with Crippen molar-refractivity contribution in [2.75, 3.05) is 39.3 Å². The molecule has 6 heteroatoms. The van der Waals surface area contributed by atoms with Gasteiger partial charge >= 0.3 is 0 Å². The highest BCUT2D eigenvalue weighted by molar-refractivity contribution is 4.54. The Hall–Kier alpha value is -0.720. The molecule has 0 aliphatic heterocycles. The van der Waals surface area contributed by atoms with Crippen LogP contribution in [0.3, 0.4) is 0 Å². The third kappa shape index (κ3) is 9.82. The maximum Gasteiger partial charge on any atom is 0.0389 e. The van der Waals surface area contributed by atoms with Crippen LogP contribution in [0.2, 0.25) is 0 Å². The SMILES string of the molecule is N=NN(CCCN)CCCCNCCCN. The summed E-state index contributed by atoms with van der Waals surface area (Å²) in [4.78, 5) is 0. The van der Waals surface area contributed by atoms with E-state index >= 15 is 0 Å². The van der Waals surface area contributed by atoms with Gasteiger partial charge in [-0.05, 0) is 51.9 Å². The van der Waals surface area contributed by atoms with Crippen molar-refractivity contribution in [3.8, 4) is 0 Å². The molecule has 0 aliphatic rings. The number of unbranched alkanes of at least 4 members (excludes halogenated alkanes) is 1. The topological polar surface area (TPSA) is 104 Å². The number of hydrogen-bond acceptors (Lipinski definition) is 5. The summed E-state index contributed by atoms with van der Waals surface area (Å²) >= 11 is 0. The van der Waals surface area contributed by atoms with E-state index in [0.29, 0.717) is 6.54 Å². The van der Waals surface area contributed by atoms with Crippen molar-refractivity contribution < 1.29 is 0 Å². The molecule has 0 spiro atoms. The molecule has 0 aliphatic carbocycles. The number of nitrogens with zero attached hydrogens (tertiary/aromatic N) is 2. The molecule has 96 valence electrons. The van der Waals surface area contributed by atoms with Gasteiger partial charge in [0.25, 0.3) is 0 Å². The molecule has 0 amide bonds. The Bertz CT molecular complexity index is 152. The quantitative estimate of drug-likeness (QED) is 0.220. The first-order valence-corrected chi connectivity index (χ1v) is 6.08. The average molecular weight is 230 g/mol. The molecule has 0 saturated carbocycles. The number of hydrogen-bond donors (Lipinski definition) is 4. The third-order valence-corrected chi connectivity index (χ3v) is 2.34. The number of rotatable bonds is 12. The summed E-state index contributed by atoms with van der Waals surface area (Å²) in [5.74, 6) is 0. The molecule has 0 saturated heterocycles. The fourth-order valence-electron chi connectivity index (χ4n) is 1.38. The lowest BCUT2D eigenvalue weighted by Gasteiger charge is -2.16. The maximum atomic E-state index is 6.99. The molecule has 0 rings (SSSR count). The van der Waals surface area contributed by atoms with E-state index in [9.17, 15) is 0 Å². The summed E-state index contributed by atoms with van der Waals surface area (Å²) in [7, 11) is 0. The third-order valence-electron chi connectivity index (χ3n) is 2.34. The highest BCUT2D eigenvalue weighted by atomic mass is 15.5. The fraction of sp³-hybridized carbons (Fsp3) is 1.00. The number of nitrogens with two attached hydrogens (primary N) is 2. The van der Waals surface area contributed by atoms with E-state index in [1.807, 2.05) is 0 Å². The molecule has 0 heterocycles. The Morgan fingerprint density at radius 2 is 1.56 bits per heavy atom. The monoisotopic (exact) mass is 230 g/mol. The van der Waals surface area contributed by atoms with Crippen LogP contribution in [0.25, 0.3) is 0 Å². The lowest BCUT2D eigenvalue weighted by atomic mass is 10.3. The Kier molecular flexibility index (Phi) is 11.8. The van der Waals surface area contributed by atoms with Crippen LogP contribution >= 0.6 is 0 Å². The predicted octanol–water partition coefficient (Wildman–Crippen LogP) is 0.302. The zero-order valence-electron chi connectivity index (χ0n) is 10.1. The molecule has 6 N–H and O–H groups in total. The largest absolute Gasteiger partial charge is 0.330 e. The van der Waals surface area contributed by atoms with Crippen molar-refractivity contribution in [3.05, 3.63) is 0 Å². The van der Waals surface area contributed by atoms with Gasteiger partial charge in [0.05, 0.1) is 0 Å². The summed E-state index contributed by atoms with van der Waals surface area (Å²) in [6, 6.07) is 0. The average Bonchev–Trinajstić information content (AvgIpc) is 2.32. The van der Waals surface area contributed by atoms with Crippen molar-refractivity contribution in [3.63, 3.8) is 0 Å². The van der Waals surface area contributed by atoms with Gasteiger partial charge in [0.15, 0.2) is 0 Å². The van der Waals surface area contributed by atoms with Gasteiger partial charge in [-0.1, -0.05) is 5.22 Å². The Balaban J connectivity index is 3.24. The zero-order chi connectivity index (χ0) is 12.1. The molecule has 6 nitrogen and oxygen atoms in total. The van der Waals surface area contributed by atoms with Gasteiger partial charge in [0.1, 0.15) is 0 Å². The van der Waals surface area contributed by atoms with Crippen LogP contribution in [0.15, 0.2) is 5.22 Å². The maximum absolute atomic E-state index is 6.99. The van der Waals surface area contributed by atoms with Crippen LogP contribution in [-0.2, 0) is 0 Å². The van der Waals surface area contributed by atoms with E-state index in [4.69, 9.17) is 17.0 Å². The van der Waals surface area contributed by atoms with Crippen molar-refractivity contribution >= 4 is 0 Å². The first kappa shape index (κ1) is 15.3. The van der Waals surface area contributed by atoms with Crippen molar-refractivity contribution in [1.29, 1.82) is 5.53 Å². The summed E-state index contributed by atoms with van der Waals surface area (Å²) in [5.41, 5.74) is 17.8. The van der Waals surface area contributed by atoms with Gasteiger partial charge in [-0.25, -0.2) is 0 Å². The minimum atomic E-state index is 0.659. The van der Waals surface area contributed by atoms with Crippen LogP contribution in [0.5, 0.6) is 0 Å². The van der Waals surface area contributed by atoms with E-state index in [1.54, 1.807) is 5.01 Å². The summed E-state index contributed by atoms with van der Waals surface area (Å²) in [6.45, 7) is 5.06. The molecule has 0 bridgehead atoms. The van der Waals surface area contributed by atoms with Gasteiger partial charge in [-0.3, -0.25) is 5.01 Å². The van der Waals surface area contributed by atoms with Crippen LogP contribution < -0.4 is 16.8 Å². The van der Waals surface area contributed by atoms with Gasteiger partial charge in [0, 0.05) is 13.1 Å². The van der Waals surface area contributed by atoms with Gasteiger partial charge in [-0.2, -0.15) is 5.53 Å². The molecular weight excluding hydrogens is 204 g/mol. The Morgan fingerprint density at radius 1 is 0.938 bits per heavy atom. The second-order valence-electron chi connectivity index (χ2n) is 3.80. The zero-order valence-corrected chi connectivity index (χ0v) is 10.1. The van der Waals surface area contributed by atoms with E-state index in [2.05, 4.69) is 10.5 Å². The van der Waals surface area contributed by atoms with Crippen LogP contribution in [0.4, 0.5) is 0 Å². The highest BCUT2D eigenvalue weighted by Gasteiger charge is 1.99. The molecule has 0 aromatic carbocycles. The van der Waals surface area contributed by atoms with Crippen LogP contribution in [-0.4, -0.2) is 44.3 Å². The second-order valence-corrected chi connectivity index (χ2v) is 3.80. The Labute approximate surface area is 98.2 Å². The lowest BCUT2D eigenvalue weighted by molar-refractivity contribution is 0.253. The molecule has 0 aromatic rings. The predicted molar refractivity (Wildman–Crippen MR) is 66.2 cm³/mol. The second kappa shape index (κ2) is 12.4. The van der Waals surface area contributed by atoms with Crippen molar-refractivity contribution in [2.45, 2.75) is 25.7 Å². The standard InChI is InChI=1S/C10H26N6/c11-5-3-8-14-7-1-2-9-16(15-13)10-4-6-12/h13-14H,1-12H2. The highest BCUT2D eigenvalue weighted by Crippen LogP contribution is 1.96. The molecule has 0 radical (unpaired) electrons. The van der Waals surface area contributed by atoms with Crippen molar-refractivity contribution in [1.82, 2.24) is 10.3 Å². The summed E-state index contributed by atoms with van der Waals surface area (Å²) < 4.78 is 0. The van der Waals surface area contributed by atoms with Gasteiger partial charge < -0.3 is 16.8 Å². The van der Waals surface area contributed by atoms with E-state index < -0.39 is 0 Å². The molecule has 0 atom stereocenters. The summed E-state index contributed by atoms with van der Waals surface area (Å²) in [6.07, 6.45) is 4.10. The molecular formula is C10H26N6. The fourth-order valence-corrected chi connectivity index (χ4v) is 1.38. The Morgan fingerprint density at radius 3 is 2.19 bits per heavy atom. The molecule has 0 aromatic heterocycles. The smallest absolute Gasteiger partial charge is 0.0389 e. The van der Waals surface area contributed by atoms with Crippen LogP contribution in [0, 0.1) is 5.53 Å². The normalized spacial score (nSPS) is 10.4. The first-order valence-electron chi connectivity index (χ1n) is 6.08. The van der Waals surface area contributed by atoms with E-state index in [1.165, 1.54) is 0 Å². The van der Waals surface area contributed by atoms with Crippen molar-refractivity contribution in [2.24, 2.45) is 16.7 Å². The molecule has 16 heavy (non-hydrogen) atoms. The van der Waals surface area contributed by atoms with E-state index in [0.717, 1.165) is 58.4 Å². The number of nitrogens with one attached hydrogen (secondary N) is 2. The first-order chi connectivity index (χ1) is 7.85. The lowest BCUT2D eigenvalue weighted by Crippen LogP contribution is -2.23. The van der Waals surface area contributed by atoms with Gasteiger partial charge in [0.2, 0.25) is 0 Å². The van der Waals surface area contributed by atoms with Crippen LogP contribution in [0.1, 0.15) is 25.7 Å². The molecule has 0 unspecified atom stereocenters. The minimum Gasteiger partial charge on any atom is -0.330 e. The summed E-state index contributed by atoms with van der Waals surface area (Å²) in [5, 5.41) is 8.56. The molecule has 0 fully saturated rings. The van der Waals surface area contributed by atoms with Gasteiger partial charge in [-0.15, -0.1) is 0 Å².